The number of ether oxygens (including phenoxy) is 1. The van der Waals surface area contributed by atoms with Gasteiger partial charge in [0, 0.05) is 17.7 Å². The first kappa shape index (κ1) is 15.0. The Hall–Kier alpha value is -1.91. The summed E-state index contributed by atoms with van der Waals surface area (Å²) in [6.45, 7) is 0.578. The average Bonchev–Trinajstić information content (AvgIpc) is 2.51. The number of hydrogen-bond donors (Lipinski definition) is 2. The maximum Gasteiger partial charge on any atom is 0.319 e. The molecule has 114 valence electrons. The van der Waals surface area contributed by atoms with Crippen LogP contribution >= 0.6 is 23.2 Å². The van der Waals surface area contributed by atoms with Gasteiger partial charge in [-0.05, 0) is 24.3 Å². The molecule has 1 aliphatic heterocycles. The quantitative estimate of drug-likeness (QED) is 0.839. The molecular formula is C16H14Cl2N2O2. The van der Waals surface area contributed by atoms with E-state index in [1.54, 1.807) is 18.2 Å². The first-order valence-electron chi connectivity index (χ1n) is 6.88. The summed E-state index contributed by atoms with van der Waals surface area (Å²) in [6.07, 6.45) is 0.728. The maximum absolute atomic E-state index is 12.1. The number of urea groups is 1. The lowest BCUT2D eigenvalue weighted by molar-refractivity contribution is 0.232. The smallest absolute Gasteiger partial charge is 0.319 e. The standard InChI is InChI=1S/C16H14Cl2N2O2/c17-12-6-5-10(9-13(12)18)19-16(21)20-14-7-8-22-15-4-2-1-3-11(14)15/h1-6,9,14H,7-8H2,(H2,19,20,21). The van der Waals surface area contributed by atoms with E-state index in [1.165, 1.54) is 0 Å². The van der Waals surface area contributed by atoms with Crippen LogP contribution in [-0.2, 0) is 0 Å². The Labute approximate surface area is 138 Å². The van der Waals surface area contributed by atoms with Crippen molar-refractivity contribution >= 4 is 34.9 Å². The molecule has 4 nitrogen and oxygen atoms in total. The van der Waals surface area contributed by atoms with E-state index in [9.17, 15) is 4.79 Å². The first-order chi connectivity index (χ1) is 10.6. The fourth-order valence-electron chi connectivity index (χ4n) is 2.39. The second kappa shape index (κ2) is 6.46. The van der Waals surface area contributed by atoms with E-state index in [2.05, 4.69) is 10.6 Å². The summed E-state index contributed by atoms with van der Waals surface area (Å²) in [6, 6.07) is 12.3. The van der Waals surface area contributed by atoms with E-state index in [0.717, 1.165) is 17.7 Å². The summed E-state index contributed by atoms with van der Waals surface area (Å²) in [7, 11) is 0. The summed E-state index contributed by atoms with van der Waals surface area (Å²) in [4.78, 5) is 12.1. The topological polar surface area (TPSA) is 50.4 Å². The van der Waals surface area contributed by atoms with Crippen molar-refractivity contribution < 1.29 is 9.53 Å². The predicted octanol–water partition coefficient (Wildman–Crippen LogP) is 4.64. The molecule has 1 aliphatic rings. The van der Waals surface area contributed by atoms with Gasteiger partial charge in [-0.15, -0.1) is 0 Å². The molecule has 2 aromatic carbocycles. The van der Waals surface area contributed by atoms with Crippen LogP contribution in [0.2, 0.25) is 10.0 Å². The number of para-hydroxylation sites is 1. The number of nitrogens with one attached hydrogen (secondary N) is 2. The number of anilines is 1. The lowest BCUT2D eigenvalue weighted by Gasteiger charge is -2.26. The van der Waals surface area contributed by atoms with Gasteiger partial charge in [0.05, 0.1) is 22.7 Å². The molecule has 6 heteroatoms. The zero-order valence-corrected chi connectivity index (χ0v) is 13.1. The highest BCUT2D eigenvalue weighted by Gasteiger charge is 2.22. The first-order valence-corrected chi connectivity index (χ1v) is 7.63. The van der Waals surface area contributed by atoms with E-state index in [-0.39, 0.29) is 12.1 Å². The number of amides is 2. The van der Waals surface area contributed by atoms with Crippen molar-refractivity contribution in [3.63, 3.8) is 0 Å². The Morgan fingerprint density at radius 1 is 1.14 bits per heavy atom. The normalized spacial score (nSPS) is 16.4. The predicted molar refractivity (Wildman–Crippen MR) is 87.9 cm³/mol. The lowest BCUT2D eigenvalue weighted by Crippen LogP contribution is -2.35. The van der Waals surface area contributed by atoms with Crippen molar-refractivity contribution in [1.82, 2.24) is 5.32 Å². The fraction of sp³-hybridized carbons (Fsp3) is 0.188. The number of hydrogen-bond acceptors (Lipinski definition) is 2. The van der Waals surface area contributed by atoms with Crippen LogP contribution in [-0.4, -0.2) is 12.6 Å². The third kappa shape index (κ3) is 3.29. The molecule has 2 aromatic rings. The summed E-state index contributed by atoms with van der Waals surface area (Å²) in [5, 5.41) is 6.55. The SMILES string of the molecule is O=C(Nc1ccc(Cl)c(Cl)c1)NC1CCOc2ccccc21. The summed E-state index contributed by atoms with van der Waals surface area (Å²) in [5.74, 6) is 0.814. The lowest BCUT2D eigenvalue weighted by atomic mass is 10.0. The minimum absolute atomic E-state index is 0.0762. The molecule has 0 radical (unpaired) electrons. The minimum Gasteiger partial charge on any atom is -0.493 e. The number of fused-ring (bicyclic) bond motifs is 1. The number of halogens is 2. The van der Waals surface area contributed by atoms with Crippen LogP contribution in [0, 0.1) is 0 Å². The Morgan fingerprint density at radius 3 is 2.77 bits per heavy atom. The van der Waals surface area contributed by atoms with Gasteiger partial charge in [-0.2, -0.15) is 0 Å². The average molecular weight is 337 g/mol. The monoisotopic (exact) mass is 336 g/mol. The van der Waals surface area contributed by atoms with Gasteiger partial charge < -0.3 is 15.4 Å². The van der Waals surface area contributed by atoms with Crippen LogP contribution in [0.5, 0.6) is 5.75 Å². The van der Waals surface area contributed by atoms with Crippen LogP contribution in [0.3, 0.4) is 0 Å². The molecule has 1 atom stereocenters. The van der Waals surface area contributed by atoms with Crippen LogP contribution in [0.25, 0.3) is 0 Å². The van der Waals surface area contributed by atoms with Crippen molar-refractivity contribution in [2.24, 2.45) is 0 Å². The van der Waals surface area contributed by atoms with E-state index in [4.69, 9.17) is 27.9 Å². The molecule has 1 heterocycles. The second-order valence-corrected chi connectivity index (χ2v) is 5.77. The highest BCUT2D eigenvalue weighted by atomic mass is 35.5. The molecule has 2 amide bonds. The van der Waals surface area contributed by atoms with Gasteiger partial charge in [0.1, 0.15) is 5.75 Å². The van der Waals surface area contributed by atoms with Crippen molar-refractivity contribution in [3.8, 4) is 5.75 Å². The molecule has 2 N–H and O–H groups in total. The van der Waals surface area contributed by atoms with Gasteiger partial charge in [-0.25, -0.2) is 4.79 Å². The molecule has 0 saturated heterocycles. The van der Waals surface area contributed by atoms with Crippen molar-refractivity contribution in [2.45, 2.75) is 12.5 Å². The molecule has 0 fully saturated rings. The summed E-state index contributed by atoms with van der Waals surface area (Å²) >= 11 is 11.8. The van der Waals surface area contributed by atoms with Crippen LogP contribution in [0.1, 0.15) is 18.0 Å². The Balaban J connectivity index is 1.69. The van der Waals surface area contributed by atoms with Crippen molar-refractivity contribution in [1.29, 1.82) is 0 Å². The van der Waals surface area contributed by atoms with Crippen LogP contribution < -0.4 is 15.4 Å². The maximum atomic E-state index is 12.1. The van der Waals surface area contributed by atoms with Crippen LogP contribution in [0.15, 0.2) is 42.5 Å². The van der Waals surface area contributed by atoms with E-state index >= 15 is 0 Å². The van der Waals surface area contributed by atoms with Gasteiger partial charge in [0.15, 0.2) is 0 Å². The molecule has 0 bridgehead atoms. The molecule has 0 spiro atoms. The third-order valence-corrected chi connectivity index (χ3v) is 4.18. The van der Waals surface area contributed by atoms with Crippen LogP contribution in [0.4, 0.5) is 10.5 Å². The summed E-state index contributed by atoms with van der Waals surface area (Å²) in [5.41, 5.74) is 1.57. The Kier molecular flexibility index (Phi) is 4.41. The largest absolute Gasteiger partial charge is 0.493 e. The van der Waals surface area contributed by atoms with Crippen molar-refractivity contribution in [2.75, 3.05) is 11.9 Å². The third-order valence-electron chi connectivity index (χ3n) is 3.44. The molecule has 22 heavy (non-hydrogen) atoms. The van der Waals surface area contributed by atoms with E-state index in [1.807, 2.05) is 24.3 Å². The van der Waals surface area contributed by atoms with Gasteiger partial charge in [0.25, 0.3) is 0 Å². The molecule has 0 aromatic heterocycles. The Bertz CT molecular complexity index is 706. The van der Waals surface area contributed by atoms with Gasteiger partial charge in [0.2, 0.25) is 0 Å². The second-order valence-electron chi connectivity index (χ2n) is 4.95. The fourth-order valence-corrected chi connectivity index (χ4v) is 2.69. The zero-order valence-electron chi connectivity index (χ0n) is 11.6. The number of rotatable bonds is 2. The molecule has 0 aliphatic carbocycles. The highest BCUT2D eigenvalue weighted by molar-refractivity contribution is 6.42. The molecule has 0 saturated carbocycles. The minimum atomic E-state index is -0.292. The number of benzene rings is 2. The zero-order chi connectivity index (χ0) is 15.5. The van der Waals surface area contributed by atoms with Gasteiger partial charge >= 0.3 is 6.03 Å². The molecule has 3 rings (SSSR count). The van der Waals surface area contributed by atoms with Crippen molar-refractivity contribution in [3.05, 3.63) is 58.1 Å². The number of carbonyl (C=O) groups excluding carboxylic acids is 1. The Morgan fingerprint density at radius 2 is 1.95 bits per heavy atom. The molecular weight excluding hydrogens is 323 g/mol. The number of carbonyl (C=O) groups is 1. The van der Waals surface area contributed by atoms with E-state index < -0.39 is 0 Å². The van der Waals surface area contributed by atoms with E-state index in [0.29, 0.717) is 22.3 Å². The summed E-state index contributed by atoms with van der Waals surface area (Å²) < 4.78 is 5.58. The van der Waals surface area contributed by atoms with Gasteiger partial charge in [-0.1, -0.05) is 41.4 Å². The van der Waals surface area contributed by atoms with Gasteiger partial charge in [-0.3, -0.25) is 0 Å². The molecule has 1 unspecified atom stereocenters. The highest BCUT2D eigenvalue weighted by Crippen LogP contribution is 2.31.